The van der Waals surface area contributed by atoms with E-state index in [2.05, 4.69) is 20.8 Å². The normalized spacial score (nSPS) is 12.2. The average molecular weight is 653 g/mol. The average Bonchev–Trinajstić information content (AvgIpc) is 3.03. The smallest absolute Gasteiger partial charge is 0.308 e. The van der Waals surface area contributed by atoms with E-state index in [0.29, 0.717) is 13.0 Å². The van der Waals surface area contributed by atoms with Gasteiger partial charge in [-0.15, -0.1) is 0 Å². The van der Waals surface area contributed by atoms with Crippen LogP contribution in [-0.2, 0) is 23.8 Å². The molecule has 274 valence electrons. The molecule has 0 aliphatic rings. The molecular weight excluding hydrogens is 572 g/mol. The number of carbonyl (C=O) groups excluding carboxylic acids is 2. The van der Waals surface area contributed by atoms with Gasteiger partial charge in [-0.25, -0.2) is 0 Å². The maximum atomic E-state index is 12.3. The van der Waals surface area contributed by atoms with Gasteiger partial charge in [-0.05, 0) is 18.8 Å². The Morgan fingerprint density at radius 2 is 0.913 bits per heavy atom. The standard InChI is InChI=1S/C41H80O5/c1-6-7-8-9-10-11-12-13-16-19-22-25-28-31-34-44-35-39(46-41(43)38(4)5)36-45-40(42)33-30-27-24-21-18-15-14-17-20-23-26-29-32-37(2)3/h37-39H,6-36H2,1-5H3. The third-order valence-electron chi connectivity index (χ3n) is 9.04. The van der Waals surface area contributed by atoms with Crippen LogP contribution in [0.3, 0.4) is 0 Å². The van der Waals surface area contributed by atoms with E-state index in [1.807, 2.05) is 13.8 Å². The van der Waals surface area contributed by atoms with Crippen LogP contribution in [0, 0.1) is 11.8 Å². The molecule has 0 aromatic rings. The third-order valence-corrected chi connectivity index (χ3v) is 9.04. The Morgan fingerprint density at radius 1 is 0.500 bits per heavy atom. The largest absolute Gasteiger partial charge is 0.462 e. The lowest BCUT2D eigenvalue weighted by molar-refractivity contribution is -0.165. The van der Waals surface area contributed by atoms with Gasteiger partial charge in [0.2, 0.25) is 0 Å². The van der Waals surface area contributed by atoms with Crippen LogP contribution in [0.4, 0.5) is 0 Å². The van der Waals surface area contributed by atoms with Gasteiger partial charge in [0.25, 0.3) is 0 Å². The molecule has 0 heterocycles. The third kappa shape index (κ3) is 34.2. The molecule has 1 unspecified atom stereocenters. The molecule has 0 radical (unpaired) electrons. The van der Waals surface area contributed by atoms with Crippen molar-refractivity contribution in [3.63, 3.8) is 0 Å². The minimum absolute atomic E-state index is 0.0771. The molecule has 1 atom stereocenters. The number of hydrogen-bond acceptors (Lipinski definition) is 5. The van der Waals surface area contributed by atoms with E-state index in [-0.39, 0.29) is 31.1 Å². The molecule has 5 nitrogen and oxygen atoms in total. The number of hydrogen-bond donors (Lipinski definition) is 0. The molecule has 0 spiro atoms. The topological polar surface area (TPSA) is 61.8 Å². The summed E-state index contributed by atoms with van der Waals surface area (Å²) in [7, 11) is 0. The van der Waals surface area contributed by atoms with Gasteiger partial charge in [0.1, 0.15) is 6.61 Å². The highest BCUT2D eigenvalue weighted by Gasteiger charge is 2.19. The maximum absolute atomic E-state index is 12.3. The maximum Gasteiger partial charge on any atom is 0.308 e. The second kappa shape index (κ2) is 35.2. The van der Waals surface area contributed by atoms with Crippen LogP contribution in [0.25, 0.3) is 0 Å². The van der Waals surface area contributed by atoms with E-state index in [1.54, 1.807) is 0 Å². The van der Waals surface area contributed by atoms with Gasteiger partial charge in [0.05, 0.1) is 12.5 Å². The van der Waals surface area contributed by atoms with E-state index in [1.165, 1.54) is 154 Å². The second-order valence-corrected chi connectivity index (χ2v) is 14.7. The van der Waals surface area contributed by atoms with Crippen molar-refractivity contribution >= 4 is 11.9 Å². The molecule has 0 aromatic heterocycles. The van der Waals surface area contributed by atoms with Crippen LogP contribution >= 0.6 is 0 Å². The van der Waals surface area contributed by atoms with Crippen molar-refractivity contribution in [1.82, 2.24) is 0 Å². The zero-order valence-corrected chi connectivity index (χ0v) is 31.7. The van der Waals surface area contributed by atoms with E-state index in [9.17, 15) is 9.59 Å². The molecule has 0 bridgehead atoms. The van der Waals surface area contributed by atoms with Crippen molar-refractivity contribution in [2.75, 3.05) is 19.8 Å². The summed E-state index contributed by atoms with van der Waals surface area (Å²) in [6.07, 6.45) is 35.2. The molecule has 0 rings (SSSR count). The van der Waals surface area contributed by atoms with E-state index in [4.69, 9.17) is 14.2 Å². The number of carbonyl (C=O) groups is 2. The zero-order valence-electron chi connectivity index (χ0n) is 31.7. The van der Waals surface area contributed by atoms with Crippen molar-refractivity contribution in [3.05, 3.63) is 0 Å². The van der Waals surface area contributed by atoms with Crippen molar-refractivity contribution < 1.29 is 23.8 Å². The molecule has 0 N–H and O–H groups in total. The summed E-state index contributed by atoms with van der Waals surface area (Å²) < 4.78 is 16.9. The summed E-state index contributed by atoms with van der Waals surface area (Å²) >= 11 is 0. The molecular formula is C41H80O5. The molecule has 5 heteroatoms. The van der Waals surface area contributed by atoms with Crippen LogP contribution in [0.2, 0.25) is 0 Å². The Hall–Kier alpha value is -1.10. The fourth-order valence-corrected chi connectivity index (χ4v) is 5.88. The summed E-state index contributed by atoms with van der Waals surface area (Å²) in [5.41, 5.74) is 0. The van der Waals surface area contributed by atoms with Gasteiger partial charge in [-0.1, -0.05) is 195 Å². The summed E-state index contributed by atoms with van der Waals surface area (Å²) in [5, 5.41) is 0. The van der Waals surface area contributed by atoms with Crippen LogP contribution in [0.5, 0.6) is 0 Å². The van der Waals surface area contributed by atoms with Crippen LogP contribution in [0.15, 0.2) is 0 Å². The highest BCUT2D eigenvalue weighted by Crippen LogP contribution is 2.16. The number of rotatable bonds is 36. The number of unbranched alkanes of at least 4 members (excludes halogenated alkanes) is 24. The Bertz CT molecular complexity index is 647. The fraction of sp³-hybridized carbons (Fsp3) is 0.951. The first-order valence-corrected chi connectivity index (χ1v) is 20.3. The van der Waals surface area contributed by atoms with E-state index >= 15 is 0 Å². The highest BCUT2D eigenvalue weighted by molar-refractivity contribution is 5.72. The Labute approximate surface area is 287 Å². The first-order valence-electron chi connectivity index (χ1n) is 20.3. The van der Waals surface area contributed by atoms with Gasteiger partial charge in [0, 0.05) is 13.0 Å². The first kappa shape index (κ1) is 44.9. The van der Waals surface area contributed by atoms with Crippen LogP contribution < -0.4 is 0 Å². The van der Waals surface area contributed by atoms with E-state index in [0.717, 1.165) is 25.2 Å². The Morgan fingerprint density at radius 3 is 1.35 bits per heavy atom. The predicted molar refractivity (Wildman–Crippen MR) is 196 cm³/mol. The number of esters is 2. The lowest BCUT2D eigenvalue weighted by Gasteiger charge is -2.19. The Balaban J connectivity index is 3.78. The Kier molecular flexibility index (Phi) is 34.4. The highest BCUT2D eigenvalue weighted by atomic mass is 16.6. The van der Waals surface area contributed by atoms with Crippen molar-refractivity contribution in [3.8, 4) is 0 Å². The monoisotopic (exact) mass is 653 g/mol. The van der Waals surface area contributed by atoms with Crippen LogP contribution in [0.1, 0.15) is 214 Å². The molecule has 0 saturated heterocycles. The van der Waals surface area contributed by atoms with Crippen molar-refractivity contribution in [1.29, 1.82) is 0 Å². The minimum Gasteiger partial charge on any atom is -0.462 e. The molecule has 46 heavy (non-hydrogen) atoms. The van der Waals surface area contributed by atoms with Crippen molar-refractivity contribution in [2.24, 2.45) is 11.8 Å². The van der Waals surface area contributed by atoms with Crippen LogP contribution in [-0.4, -0.2) is 37.9 Å². The molecule has 0 aliphatic carbocycles. The van der Waals surface area contributed by atoms with Gasteiger partial charge in [-0.2, -0.15) is 0 Å². The summed E-state index contributed by atoms with van der Waals surface area (Å²) in [6.45, 7) is 11.5. The minimum atomic E-state index is -0.537. The van der Waals surface area contributed by atoms with Gasteiger partial charge < -0.3 is 14.2 Å². The van der Waals surface area contributed by atoms with Gasteiger partial charge in [0.15, 0.2) is 6.10 Å². The molecule has 0 saturated carbocycles. The predicted octanol–water partition coefficient (Wildman–Crippen LogP) is 12.7. The first-order chi connectivity index (χ1) is 22.4. The quantitative estimate of drug-likeness (QED) is 0.0498. The summed E-state index contributed by atoms with van der Waals surface area (Å²) in [6, 6.07) is 0. The number of ether oxygens (including phenoxy) is 3. The molecule has 0 fully saturated rings. The zero-order chi connectivity index (χ0) is 33.9. The fourth-order valence-electron chi connectivity index (χ4n) is 5.88. The second-order valence-electron chi connectivity index (χ2n) is 14.7. The van der Waals surface area contributed by atoms with E-state index < -0.39 is 6.10 Å². The molecule has 0 aromatic carbocycles. The van der Waals surface area contributed by atoms with Gasteiger partial charge in [-0.3, -0.25) is 9.59 Å². The SMILES string of the molecule is CCCCCCCCCCCCCCCCOCC(COC(=O)CCCCCCCCCCCCCCC(C)C)OC(=O)C(C)C. The van der Waals surface area contributed by atoms with Crippen molar-refractivity contribution in [2.45, 2.75) is 221 Å². The molecule has 0 amide bonds. The summed E-state index contributed by atoms with van der Waals surface area (Å²) in [5.74, 6) is 0.148. The molecule has 0 aliphatic heterocycles. The van der Waals surface area contributed by atoms with Gasteiger partial charge >= 0.3 is 11.9 Å². The lowest BCUT2D eigenvalue weighted by atomic mass is 10.0. The lowest BCUT2D eigenvalue weighted by Crippen LogP contribution is -2.31. The summed E-state index contributed by atoms with van der Waals surface area (Å²) in [4.78, 5) is 24.5.